The Kier molecular flexibility index (Phi) is 16.0. The molecule has 0 bridgehead atoms. The van der Waals surface area contributed by atoms with Gasteiger partial charge < -0.3 is 9.84 Å². The van der Waals surface area contributed by atoms with E-state index in [0.717, 1.165) is 6.42 Å². The second-order valence-electron chi connectivity index (χ2n) is 5.55. The monoisotopic (exact) mass is 283 g/mol. The average Bonchev–Trinajstić information content (AvgIpc) is 2.48. The third-order valence-corrected chi connectivity index (χ3v) is 3.63. The van der Waals surface area contributed by atoms with E-state index < -0.39 is 0 Å². The van der Waals surface area contributed by atoms with Crippen molar-refractivity contribution in [1.29, 1.82) is 5.26 Å². The van der Waals surface area contributed by atoms with Gasteiger partial charge in [0.2, 0.25) is 0 Å². The first-order chi connectivity index (χ1) is 9.85. The summed E-state index contributed by atoms with van der Waals surface area (Å²) < 4.78 is 5.56. The molecule has 20 heavy (non-hydrogen) atoms. The van der Waals surface area contributed by atoms with Crippen LogP contribution in [-0.2, 0) is 4.74 Å². The summed E-state index contributed by atoms with van der Waals surface area (Å²) in [6, 6.07) is 2.08. The van der Waals surface area contributed by atoms with E-state index in [1.807, 2.05) is 0 Å². The molecule has 0 aliphatic carbocycles. The number of aliphatic hydroxyl groups is 1. The van der Waals surface area contributed by atoms with Crippen LogP contribution in [0.4, 0.5) is 0 Å². The molecule has 0 aromatic rings. The van der Waals surface area contributed by atoms with Gasteiger partial charge in [-0.2, -0.15) is 5.26 Å². The van der Waals surface area contributed by atoms with Crippen LogP contribution in [0.25, 0.3) is 0 Å². The minimum Gasteiger partial charge on any atom is -0.394 e. The van der Waals surface area contributed by atoms with Crippen molar-refractivity contribution in [3.05, 3.63) is 0 Å². The molecule has 0 heterocycles. The van der Waals surface area contributed by atoms with Gasteiger partial charge in [-0.15, -0.1) is 0 Å². The summed E-state index contributed by atoms with van der Waals surface area (Å²) in [6.07, 6.45) is 14.1. The van der Waals surface area contributed by atoms with Crippen LogP contribution in [0.3, 0.4) is 0 Å². The van der Waals surface area contributed by atoms with Crippen molar-refractivity contribution in [3.8, 4) is 6.07 Å². The van der Waals surface area contributed by atoms with Gasteiger partial charge in [0, 0.05) is 13.0 Å². The molecule has 0 aromatic carbocycles. The van der Waals surface area contributed by atoms with Gasteiger partial charge in [-0.1, -0.05) is 64.7 Å². The number of rotatable bonds is 15. The molecular formula is C17H33NO2. The summed E-state index contributed by atoms with van der Waals surface area (Å²) in [5, 5.41) is 17.6. The molecule has 1 N–H and O–H groups in total. The third kappa shape index (κ3) is 13.8. The topological polar surface area (TPSA) is 53.2 Å². The highest BCUT2D eigenvalue weighted by atomic mass is 16.5. The zero-order valence-corrected chi connectivity index (χ0v) is 13.3. The van der Waals surface area contributed by atoms with Crippen LogP contribution in [0.15, 0.2) is 0 Å². The predicted molar refractivity (Wildman–Crippen MR) is 83.5 cm³/mol. The SMILES string of the molecule is CCCCCCCCCCCCOC(CO)CCC#N. The lowest BCUT2D eigenvalue weighted by Gasteiger charge is -2.13. The lowest BCUT2D eigenvalue weighted by molar-refractivity contribution is 0.00725. The molecule has 3 heteroatoms. The van der Waals surface area contributed by atoms with Crippen molar-refractivity contribution >= 4 is 0 Å². The Morgan fingerprint density at radius 3 is 2.00 bits per heavy atom. The molecule has 0 saturated heterocycles. The van der Waals surface area contributed by atoms with Crippen LogP contribution in [-0.4, -0.2) is 24.4 Å². The zero-order valence-electron chi connectivity index (χ0n) is 13.3. The number of hydrogen-bond acceptors (Lipinski definition) is 3. The normalized spacial score (nSPS) is 12.2. The Morgan fingerprint density at radius 2 is 1.50 bits per heavy atom. The van der Waals surface area contributed by atoms with Gasteiger partial charge in [0.15, 0.2) is 0 Å². The third-order valence-electron chi connectivity index (χ3n) is 3.63. The molecular weight excluding hydrogens is 250 g/mol. The lowest BCUT2D eigenvalue weighted by Crippen LogP contribution is -2.18. The number of ether oxygens (including phenoxy) is 1. The molecule has 0 aliphatic rings. The number of hydrogen-bond donors (Lipinski definition) is 1. The maximum absolute atomic E-state index is 9.08. The molecule has 0 amide bonds. The fraction of sp³-hybridized carbons (Fsp3) is 0.941. The van der Waals surface area contributed by atoms with E-state index in [1.54, 1.807) is 0 Å². The van der Waals surface area contributed by atoms with Gasteiger partial charge in [0.1, 0.15) is 0 Å². The molecule has 0 saturated carbocycles. The summed E-state index contributed by atoms with van der Waals surface area (Å²) in [6.45, 7) is 3.00. The molecule has 0 fully saturated rings. The predicted octanol–water partition coefficient (Wildman–Crippen LogP) is 4.59. The molecule has 0 spiro atoms. The molecule has 0 aliphatic heterocycles. The summed E-state index contributed by atoms with van der Waals surface area (Å²) in [5.41, 5.74) is 0. The Labute approximate surface area is 125 Å². The molecule has 3 nitrogen and oxygen atoms in total. The minimum atomic E-state index is -0.145. The first-order valence-corrected chi connectivity index (χ1v) is 8.44. The zero-order chi connectivity index (χ0) is 14.9. The second kappa shape index (κ2) is 16.5. The number of aliphatic hydroxyl groups excluding tert-OH is 1. The van der Waals surface area contributed by atoms with Crippen molar-refractivity contribution in [1.82, 2.24) is 0 Å². The molecule has 0 aromatic heterocycles. The van der Waals surface area contributed by atoms with Gasteiger partial charge in [-0.3, -0.25) is 0 Å². The molecule has 0 radical (unpaired) electrons. The fourth-order valence-corrected chi connectivity index (χ4v) is 2.29. The van der Waals surface area contributed by atoms with Gasteiger partial charge in [-0.25, -0.2) is 0 Å². The van der Waals surface area contributed by atoms with Crippen LogP contribution in [0.1, 0.15) is 84.0 Å². The molecule has 0 rings (SSSR count). The van der Waals surface area contributed by atoms with Gasteiger partial charge in [0.25, 0.3) is 0 Å². The lowest BCUT2D eigenvalue weighted by atomic mass is 10.1. The highest BCUT2D eigenvalue weighted by molar-refractivity contribution is 4.72. The van der Waals surface area contributed by atoms with Gasteiger partial charge >= 0.3 is 0 Å². The largest absolute Gasteiger partial charge is 0.394 e. The van der Waals surface area contributed by atoms with E-state index in [-0.39, 0.29) is 12.7 Å². The number of nitrogens with zero attached hydrogens (tertiary/aromatic N) is 1. The smallest absolute Gasteiger partial charge is 0.0815 e. The fourth-order valence-electron chi connectivity index (χ4n) is 2.29. The van der Waals surface area contributed by atoms with Crippen LogP contribution in [0, 0.1) is 11.3 Å². The van der Waals surface area contributed by atoms with Crippen molar-refractivity contribution in [2.75, 3.05) is 13.2 Å². The minimum absolute atomic E-state index is 0.0272. The van der Waals surface area contributed by atoms with E-state index >= 15 is 0 Å². The van der Waals surface area contributed by atoms with E-state index in [1.165, 1.54) is 57.8 Å². The Morgan fingerprint density at radius 1 is 0.950 bits per heavy atom. The first kappa shape index (κ1) is 19.4. The van der Waals surface area contributed by atoms with Crippen molar-refractivity contribution in [2.45, 2.75) is 90.1 Å². The maximum atomic E-state index is 9.08. The number of unbranched alkanes of at least 4 members (excludes halogenated alkanes) is 9. The van der Waals surface area contributed by atoms with E-state index in [4.69, 9.17) is 15.1 Å². The van der Waals surface area contributed by atoms with Crippen LogP contribution >= 0.6 is 0 Å². The maximum Gasteiger partial charge on any atom is 0.0815 e. The summed E-state index contributed by atoms with van der Waals surface area (Å²) in [7, 11) is 0. The first-order valence-electron chi connectivity index (χ1n) is 8.44. The second-order valence-corrected chi connectivity index (χ2v) is 5.55. The van der Waals surface area contributed by atoms with Gasteiger partial charge in [-0.05, 0) is 12.8 Å². The Bertz CT molecular complexity index is 226. The molecule has 1 unspecified atom stereocenters. The van der Waals surface area contributed by atoms with E-state index in [0.29, 0.717) is 19.4 Å². The van der Waals surface area contributed by atoms with Crippen LogP contribution in [0.2, 0.25) is 0 Å². The van der Waals surface area contributed by atoms with Crippen molar-refractivity contribution < 1.29 is 9.84 Å². The quantitative estimate of drug-likeness (QED) is 0.447. The molecule has 1 atom stereocenters. The number of nitriles is 1. The Hall–Kier alpha value is -0.590. The summed E-state index contributed by atoms with van der Waals surface area (Å²) in [4.78, 5) is 0. The molecule has 118 valence electrons. The average molecular weight is 283 g/mol. The van der Waals surface area contributed by atoms with Crippen LogP contribution in [0.5, 0.6) is 0 Å². The van der Waals surface area contributed by atoms with E-state index in [2.05, 4.69) is 13.0 Å². The van der Waals surface area contributed by atoms with E-state index in [9.17, 15) is 0 Å². The highest BCUT2D eigenvalue weighted by Gasteiger charge is 2.06. The summed E-state index contributed by atoms with van der Waals surface area (Å²) in [5.74, 6) is 0. The standard InChI is InChI=1S/C17H33NO2/c1-2-3-4-5-6-7-8-9-10-11-15-20-17(16-19)13-12-14-18/h17,19H,2-13,15-16H2,1H3. The van der Waals surface area contributed by atoms with Crippen molar-refractivity contribution in [2.24, 2.45) is 0 Å². The summed E-state index contributed by atoms with van der Waals surface area (Å²) >= 11 is 0. The van der Waals surface area contributed by atoms with Crippen LogP contribution < -0.4 is 0 Å². The van der Waals surface area contributed by atoms with Crippen molar-refractivity contribution in [3.63, 3.8) is 0 Å². The Balaban J connectivity index is 3.17. The highest BCUT2D eigenvalue weighted by Crippen LogP contribution is 2.11. The van der Waals surface area contributed by atoms with Gasteiger partial charge in [0.05, 0.1) is 18.8 Å².